The molecule has 0 nitrogen and oxygen atoms in total. The molecule has 0 bridgehead atoms. The lowest BCUT2D eigenvalue weighted by atomic mass is 10.2. The highest BCUT2D eigenvalue weighted by molar-refractivity contribution is 7.94. The van der Waals surface area contributed by atoms with Crippen LogP contribution in [-0.2, 0) is 0 Å². The number of hydrogen-bond acceptors (Lipinski definition) is 0. The number of hydrogen-bond donors (Lipinski definition) is 0. The third-order valence-electron chi connectivity index (χ3n) is 4.63. The summed E-state index contributed by atoms with van der Waals surface area (Å²) in [4.78, 5) is 0. The number of halogens is 1. The van der Waals surface area contributed by atoms with Crippen molar-refractivity contribution in [1.82, 2.24) is 0 Å². The second-order valence-corrected chi connectivity index (χ2v) is 9.52. The first-order valence-electron chi connectivity index (χ1n) is 8.86. The predicted molar refractivity (Wildman–Crippen MR) is 119 cm³/mol. The van der Waals surface area contributed by atoms with Crippen LogP contribution >= 0.6 is 6.89 Å². The van der Waals surface area contributed by atoms with Gasteiger partial charge in [-0.2, -0.15) is 0 Å². The highest BCUT2D eigenvalue weighted by Crippen LogP contribution is 2.44. The number of benzene rings is 4. The Balaban J connectivity index is 0.00000210. The van der Waals surface area contributed by atoms with Gasteiger partial charge in [-0.05, 0) is 34.2 Å². The van der Waals surface area contributed by atoms with Crippen molar-refractivity contribution in [3.05, 3.63) is 127 Å². The van der Waals surface area contributed by atoms with Crippen molar-refractivity contribution < 1.29 is 4.70 Å². The second kappa shape index (κ2) is 8.66. The SMILES string of the molecule is C(c1ccccc1)=P(c1ccccc1)(c1ccccc1)c1ccccc1.F. The molecule has 0 saturated heterocycles. The van der Waals surface area contributed by atoms with Gasteiger partial charge in [0.05, 0.1) is 0 Å². The monoisotopic (exact) mass is 372 g/mol. The van der Waals surface area contributed by atoms with E-state index in [0.717, 1.165) is 0 Å². The molecule has 27 heavy (non-hydrogen) atoms. The van der Waals surface area contributed by atoms with Gasteiger partial charge in [0.25, 0.3) is 0 Å². The maximum absolute atomic E-state index is 2.49. The molecule has 4 aromatic carbocycles. The maximum Gasteiger partial charge on any atom is -0.0160 e. The number of rotatable bonds is 4. The molecular weight excluding hydrogens is 350 g/mol. The predicted octanol–water partition coefficient (Wildman–Crippen LogP) is 4.98. The van der Waals surface area contributed by atoms with E-state index in [1.807, 2.05) is 0 Å². The lowest BCUT2D eigenvalue weighted by molar-refractivity contribution is 1.11. The van der Waals surface area contributed by atoms with E-state index in [1.165, 1.54) is 21.5 Å². The lowest BCUT2D eigenvalue weighted by Crippen LogP contribution is -2.27. The van der Waals surface area contributed by atoms with Crippen molar-refractivity contribution in [2.45, 2.75) is 0 Å². The third kappa shape index (κ3) is 3.79. The van der Waals surface area contributed by atoms with Gasteiger partial charge < -0.3 is 0 Å². The third-order valence-corrected chi connectivity index (χ3v) is 8.66. The van der Waals surface area contributed by atoms with Gasteiger partial charge in [-0.3, -0.25) is 4.70 Å². The summed E-state index contributed by atoms with van der Waals surface area (Å²) in [7, 11) is 0. The standard InChI is InChI=1S/C25H21P.FH/c1-5-13-22(14-6-1)21-26(23-15-7-2-8-16-23,24-17-9-3-10-18-24)25-19-11-4-12-20-25;/h1-21H;1H. The van der Waals surface area contributed by atoms with Gasteiger partial charge >= 0.3 is 0 Å². The molecule has 0 aliphatic carbocycles. The molecule has 0 saturated carbocycles. The van der Waals surface area contributed by atoms with E-state index in [4.69, 9.17) is 0 Å². The Hall–Kier alpha value is -2.89. The Bertz CT molecular complexity index is 907. The summed E-state index contributed by atoms with van der Waals surface area (Å²) in [6, 6.07) is 43.5. The smallest absolute Gasteiger partial charge is 0.0160 e. The highest BCUT2D eigenvalue weighted by Gasteiger charge is 2.24. The first-order chi connectivity index (χ1) is 12.9. The minimum atomic E-state index is -1.90. The van der Waals surface area contributed by atoms with Gasteiger partial charge in [0.15, 0.2) is 0 Å². The van der Waals surface area contributed by atoms with E-state index in [1.54, 1.807) is 0 Å². The Labute approximate surface area is 160 Å². The quantitative estimate of drug-likeness (QED) is 0.443. The van der Waals surface area contributed by atoms with E-state index in [2.05, 4.69) is 127 Å². The summed E-state index contributed by atoms with van der Waals surface area (Å²) in [5.41, 5.74) is 1.26. The van der Waals surface area contributed by atoms with E-state index >= 15 is 0 Å². The summed E-state index contributed by atoms with van der Waals surface area (Å²) < 4.78 is 0. The molecule has 0 radical (unpaired) electrons. The summed E-state index contributed by atoms with van der Waals surface area (Å²) >= 11 is 0. The Morgan fingerprint density at radius 2 is 0.704 bits per heavy atom. The molecule has 0 fully saturated rings. The zero-order valence-electron chi connectivity index (χ0n) is 15.0. The zero-order chi connectivity index (χ0) is 17.7. The van der Waals surface area contributed by atoms with Crippen molar-refractivity contribution in [1.29, 1.82) is 0 Å². The second-order valence-electron chi connectivity index (χ2n) is 6.27. The van der Waals surface area contributed by atoms with Gasteiger partial charge in [0, 0.05) is 0 Å². The molecule has 0 spiro atoms. The summed E-state index contributed by atoms with van der Waals surface area (Å²) in [6.45, 7) is -1.90. The first kappa shape index (κ1) is 18.9. The fourth-order valence-electron chi connectivity index (χ4n) is 3.42. The van der Waals surface area contributed by atoms with Crippen LogP contribution in [0.5, 0.6) is 0 Å². The molecule has 4 rings (SSSR count). The van der Waals surface area contributed by atoms with Crippen LogP contribution in [0.25, 0.3) is 0 Å². The van der Waals surface area contributed by atoms with Crippen molar-refractivity contribution in [2.75, 3.05) is 0 Å². The minimum Gasteiger partial charge on any atom is -0.269 e. The summed E-state index contributed by atoms with van der Waals surface area (Å²) in [6.07, 6.45) is 0. The fourth-order valence-corrected chi connectivity index (χ4v) is 7.31. The summed E-state index contributed by atoms with van der Waals surface area (Å²) in [5.74, 6) is 2.49. The van der Waals surface area contributed by atoms with E-state index in [-0.39, 0.29) is 4.70 Å². The van der Waals surface area contributed by atoms with Crippen LogP contribution in [-0.4, -0.2) is 5.80 Å². The van der Waals surface area contributed by atoms with Crippen LogP contribution in [0.3, 0.4) is 0 Å². The van der Waals surface area contributed by atoms with E-state index in [0.29, 0.717) is 0 Å². The molecule has 0 atom stereocenters. The van der Waals surface area contributed by atoms with Crippen molar-refractivity contribution in [3.63, 3.8) is 0 Å². The Morgan fingerprint density at radius 3 is 1.04 bits per heavy atom. The molecule has 0 aliphatic rings. The van der Waals surface area contributed by atoms with Gasteiger partial charge in [0.2, 0.25) is 0 Å². The van der Waals surface area contributed by atoms with Crippen LogP contribution in [0.2, 0.25) is 0 Å². The zero-order valence-corrected chi connectivity index (χ0v) is 15.9. The molecular formula is C25H22FP. The molecule has 4 aromatic rings. The van der Waals surface area contributed by atoms with Crippen molar-refractivity contribution >= 4 is 28.6 Å². The van der Waals surface area contributed by atoms with Crippen LogP contribution < -0.4 is 15.9 Å². The molecule has 134 valence electrons. The van der Waals surface area contributed by atoms with E-state index in [9.17, 15) is 0 Å². The lowest BCUT2D eigenvalue weighted by Gasteiger charge is -2.29. The van der Waals surface area contributed by atoms with Gasteiger partial charge in [-0.1, -0.05) is 121 Å². The maximum atomic E-state index is 2.49. The molecule has 0 aromatic heterocycles. The van der Waals surface area contributed by atoms with E-state index < -0.39 is 6.89 Å². The molecule has 0 amide bonds. The Morgan fingerprint density at radius 1 is 0.407 bits per heavy atom. The highest BCUT2D eigenvalue weighted by atomic mass is 31.2. The van der Waals surface area contributed by atoms with Crippen molar-refractivity contribution in [2.24, 2.45) is 0 Å². The largest absolute Gasteiger partial charge is 0.269 e. The normalized spacial score (nSPS) is 10.7. The molecule has 0 N–H and O–H groups in total. The van der Waals surface area contributed by atoms with Crippen LogP contribution in [0, 0.1) is 0 Å². The average molecular weight is 372 g/mol. The minimum absolute atomic E-state index is 0. The van der Waals surface area contributed by atoms with Crippen LogP contribution in [0.4, 0.5) is 4.70 Å². The van der Waals surface area contributed by atoms with Crippen LogP contribution in [0.1, 0.15) is 5.56 Å². The molecule has 2 heteroatoms. The molecule has 0 unspecified atom stereocenters. The van der Waals surface area contributed by atoms with Gasteiger partial charge in [-0.15, -0.1) is 0 Å². The van der Waals surface area contributed by atoms with Gasteiger partial charge in [-0.25, -0.2) is 0 Å². The van der Waals surface area contributed by atoms with Gasteiger partial charge in [0.1, 0.15) is 0 Å². The Kier molecular flexibility index (Phi) is 6.06. The first-order valence-corrected chi connectivity index (χ1v) is 10.7. The average Bonchev–Trinajstić information content (AvgIpc) is 2.75. The van der Waals surface area contributed by atoms with Crippen molar-refractivity contribution in [3.8, 4) is 0 Å². The summed E-state index contributed by atoms with van der Waals surface area (Å²) in [5, 5.41) is 4.13. The fraction of sp³-hybridized carbons (Fsp3) is 0. The molecule has 0 aliphatic heterocycles. The topological polar surface area (TPSA) is 0 Å². The molecule has 0 heterocycles. The van der Waals surface area contributed by atoms with Crippen LogP contribution in [0.15, 0.2) is 121 Å².